The van der Waals surface area contributed by atoms with Crippen molar-refractivity contribution >= 4 is 24.6 Å². The standard InChI is InChI=1S/C11H13N2O6P/c1-19-8(11(14)15)4-7-2-3-9-12-10(20(16,17)18)6-13(9)5-7/h2-3,5-6,8H,4H2,1H3,(H,14,15)(H2,16,17,18). The summed E-state index contributed by atoms with van der Waals surface area (Å²) in [5.41, 5.74) is 0.703. The lowest BCUT2D eigenvalue weighted by Gasteiger charge is -2.10. The minimum absolute atomic E-state index is 0.144. The fourth-order valence-electron chi connectivity index (χ4n) is 1.77. The third-order valence-electron chi connectivity index (χ3n) is 2.78. The fourth-order valence-corrected chi connectivity index (χ4v) is 2.28. The van der Waals surface area contributed by atoms with E-state index in [0.717, 1.165) is 0 Å². The highest BCUT2D eigenvalue weighted by Gasteiger charge is 2.22. The summed E-state index contributed by atoms with van der Waals surface area (Å²) in [4.78, 5) is 32.8. The van der Waals surface area contributed by atoms with Crippen molar-refractivity contribution in [1.82, 2.24) is 9.38 Å². The van der Waals surface area contributed by atoms with Gasteiger partial charge in [-0.25, -0.2) is 9.78 Å². The Hall–Kier alpha value is -1.73. The minimum Gasteiger partial charge on any atom is -0.479 e. The van der Waals surface area contributed by atoms with Crippen molar-refractivity contribution in [1.29, 1.82) is 0 Å². The number of nitrogens with zero attached hydrogens (tertiary/aromatic N) is 2. The summed E-state index contributed by atoms with van der Waals surface area (Å²) >= 11 is 0. The van der Waals surface area contributed by atoms with Gasteiger partial charge in [-0.05, 0) is 11.6 Å². The maximum absolute atomic E-state index is 11.1. The Morgan fingerprint density at radius 3 is 2.70 bits per heavy atom. The lowest BCUT2D eigenvalue weighted by atomic mass is 10.1. The molecule has 2 heterocycles. The number of methoxy groups -OCH3 is 1. The molecule has 8 nitrogen and oxygen atoms in total. The number of rotatable bonds is 5. The van der Waals surface area contributed by atoms with Crippen molar-refractivity contribution in [3.8, 4) is 0 Å². The number of carboxylic acids is 1. The molecule has 9 heteroatoms. The van der Waals surface area contributed by atoms with Gasteiger partial charge in [0.15, 0.2) is 11.5 Å². The first-order chi connectivity index (χ1) is 9.31. The second-order valence-corrected chi connectivity index (χ2v) is 5.76. The van der Waals surface area contributed by atoms with Gasteiger partial charge < -0.3 is 24.0 Å². The van der Waals surface area contributed by atoms with E-state index in [1.807, 2.05) is 0 Å². The molecule has 108 valence electrons. The Kier molecular flexibility index (Phi) is 3.92. The zero-order chi connectivity index (χ0) is 14.9. The van der Waals surface area contributed by atoms with E-state index in [9.17, 15) is 9.36 Å². The third kappa shape index (κ3) is 3.05. The Morgan fingerprint density at radius 1 is 1.45 bits per heavy atom. The number of hydrogen-bond donors (Lipinski definition) is 3. The quantitative estimate of drug-likeness (QED) is 0.652. The molecule has 0 aliphatic carbocycles. The average Bonchev–Trinajstić information content (AvgIpc) is 2.78. The van der Waals surface area contributed by atoms with Gasteiger partial charge >= 0.3 is 13.6 Å². The fraction of sp³-hybridized carbons (Fsp3) is 0.273. The molecule has 0 spiro atoms. The van der Waals surface area contributed by atoms with E-state index in [2.05, 4.69) is 4.98 Å². The summed E-state index contributed by atoms with van der Waals surface area (Å²) in [6.07, 6.45) is 1.96. The first-order valence-corrected chi connectivity index (χ1v) is 7.22. The average molecular weight is 300 g/mol. The lowest BCUT2D eigenvalue weighted by Crippen LogP contribution is -2.24. The van der Waals surface area contributed by atoms with Crippen LogP contribution in [0, 0.1) is 0 Å². The van der Waals surface area contributed by atoms with Crippen molar-refractivity contribution < 1.29 is 29.0 Å². The Balaban J connectivity index is 2.34. The molecule has 1 atom stereocenters. The van der Waals surface area contributed by atoms with Gasteiger partial charge in [-0.2, -0.15) is 0 Å². The van der Waals surface area contributed by atoms with Crippen molar-refractivity contribution in [3.63, 3.8) is 0 Å². The third-order valence-corrected chi connectivity index (χ3v) is 3.59. The van der Waals surface area contributed by atoms with Gasteiger partial charge in [-0.15, -0.1) is 0 Å². The second-order valence-electron chi connectivity index (χ2n) is 4.21. The number of aliphatic carboxylic acids is 1. The van der Waals surface area contributed by atoms with Gasteiger partial charge in [0, 0.05) is 25.9 Å². The zero-order valence-electron chi connectivity index (χ0n) is 10.5. The molecule has 2 aromatic rings. The zero-order valence-corrected chi connectivity index (χ0v) is 11.4. The van der Waals surface area contributed by atoms with E-state index in [1.165, 1.54) is 17.7 Å². The van der Waals surface area contributed by atoms with Crippen molar-refractivity contribution in [2.75, 3.05) is 7.11 Å². The van der Waals surface area contributed by atoms with Crippen molar-refractivity contribution in [2.45, 2.75) is 12.5 Å². The number of hydrogen-bond acceptors (Lipinski definition) is 4. The van der Waals surface area contributed by atoms with Crippen LogP contribution in [-0.2, 0) is 20.5 Å². The molecule has 20 heavy (non-hydrogen) atoms. The Bertz CT molecular complexity index is 691. The molecule has 0 amide bonds. The first-order valence-electron chi connectivity index (χ1n) is 5.60. The monoisotopic (exact) mass is 300 g/mol. The molecule has 0 aliphatic rings. The number of imidazole rings is 1. The Labute approximate surface area is 113 Å². The summed E-state index contributed by atoms with van der Waals surface area (Å²) in [5, 5.41) is 8.91. The summed E-state index contributed by atoms with van der Waals surface area (Å²) in [6.45, 7) is 0. The number of carboxylic acid groups (broad SMARTS) is 1. The number of ether oxygens (including phenoxy) is 1. The van der Waals surface area contributed by atoms with Crippen LogP contribution >= 0.6 is 7.60 Å². The maximum Gasteiger partial charge on any atom is 0.376 e. The van der Waals surface area contributed by atoms with E-state index in [0.29, 0.717) is 11.2 Å². The summed E-state index contributed by atoms with van der Waals surface area (Å²) in [6, 6.07) is 3.20. The Morgan fingerprint density at radius 2 is 2.15 bits per heavy atom. The van der Waals surface area contributed by atoms with Crippen molar-refractivity contribution in [2.24, 2.45) is 0 Å². The topological polar surface area (TPSA) is 121 Å². The lowest BCUT2D eigenvalue weighted by molar-refractivity contribution is -0.148. The van der Waals surface area contributed by atoms with E-state index >= 15 is 0 Å². The van der Waals surface area contributed by atoms with Gasteiger partial charge in [0.2, 0.25) is 0 Å². The molecule has 0 saturated carbocycles. The molecule has 0 bridgehead atoms. The molecule has 2 rings (SSSR count). The molecule has 3 N–H and O–H groups in total. The van der Waals surface area contributed by atoms with Gasteiger partial charge in [-0.3, -0.25) is 4.57 Å². The molecule has 1 unspecified atom stereocenters. The smallest absolute Gasteiger partial charge is 0.376 e. The molecular formula is C11H13N2O6P. The number of aromatic nitrogens is 2. The normalized spacial score (nSPS) is 13.6. The second kappa shape index (κ2) is 5.34. The van der Waals surface area contributed by atoms with Crippen LogP contribution < -0.4 is 5.44 Å². The van der Waals surface area contributed by atoms with E-state index < -0.39 is 19.7 Å². The SMILES string of the molecule is COC(Cc1ccc2nc(P(=O)(O)O)cn2c1)C(=O)O. The first kappa shape index (κ1) is 14.7. The van der Waals surface area contributed by atoms with Gasteiger partial charge in [0.25, 0.3) is 0 Å². The van der Waals surface area contributed by atoms with E-state index in [4.69, 9.17) is 19.6 Å². The maximum atomic E-state index is 11.1. The van der Waals surface area contributed by atoms with Crippen LogP contribution in [0.5, 0.6) is 0 Å². The number of carbonyl (C=O) groups is 1. The molecule has 0 aliphatic heterocycles. The number of pyridine rings is 1. The highest BCUT2D eigenvalue weighted by Crippen LogP contribution is 2.32. The summed E-state index contributed by atoms with van der Waals surface area (Å²) < 4.78 is 17.4. The van der Waals surface area contributed by atoms with Crippen LogP contribution in [0.4, 0.5) is 0 Å². The summed E-state index contributed by atoms with van der Waals surface area (Å²) in [5.74, 6) is -1.07. The van der Waals surface area contributed by atoms with Crippen LogP contribution in [0.3, 0.4) is 0 Å². The van der Waals surface area contributed by atoms with Gasteiger partial charge in [-0.1, -0.05) is 6.07 Å². The van der Waals surface area contributed by atoms with Crippen LogP contribution in [0.1, 0.15) is 5.56 Å². The van der Waals surface area contributed by atoms with Crippen LogP contribution in [0.15, 0.2) is 24.5 Å². The molecule has 2 aromatic heterocycles. The molecular weight excluding hydrogens is 287 g/mol. The minimum atomic E-state index is -4.41. The molecule has 0 radical (unpaired) electrons. The predicted octanol–water partition coefficient (Wildman–Crippen LogP) is -0.221. The van der Waals surface area contributed by atoms with Crippen LogP contribution in [0.25, 0.3) is 5.65 Å². The molecule has 0 aromatic carbocycles. The highest BCUT2D eigenvalue weighted by molar-refractivity contribution is 7.60. The van der Waals surface area contributed by atoms with Crippen LogP contribution in [0.2, 0.25) is 0 Å². The van der Waals surface area contributed by atoms with Gasteiger partial charge in [0.1, 0.15) is 5.65 Å². The highest BCUT2D eigenvalue weighted by atomic mass is 31.2. The largest absolute Gasteiger partial charge is 0.479 e. The van der Waals surface area contributed by atoms with E-state index in [-0.39, 0.29) is 11.9 Å². The molecule has 0 saturated heterocycles. The number of fused-ring (bicyclic) bond motifs is 1. The summed E-state index contributed by atoms with van der Waals surface area (Å²) in [7, 11) is -3.10. The van der Waals surface area contributed by atoms with Gasteiger partial charge in [0.05, 0.1) is 0 Å². The van der Waals surface area contributed by atoms with E-state index in [1.54, 1.807) is 18.3 Å². The van der Waals surface area contributed by atoms with Crippen molar-refractivity contribution in [3.05, 3.63) is 30.1 Å². The predicted molar refractivity (Wildman–Crippen MR) is 69.0 cm³/mol. The van der Waals surface area contributed by atoms with Crippen LogP contribution in [-0.4, -0.2) is 43.5 Å². The molecule has 0 fully saturated rings.